The van der Waals surface area contributed by atoms with E-state index in [1.807, 2.05) is 6.92 Å². The number of nitrogens with zero attached hydrogens (tertiary/aromatic N) is 2. The Hall–Kier alpha value is -2.02. The molecule has 2 aromatic rings. The summed E-state index contributed by atoms with van der Waals surface area (Å²) in [6.45, 7) is 2.23. The van der Waals surface area contributed by atoms with Crippen LogP contribution in [0, 0.1) is 5.82 Å². The monoisotopic (exact) mass is 309 g/mol. The smallest absolute Gasteiger partial charge is 0.342 e. The van der Waals surface area contributed by atoms with E-state index in [1.165, 1.54) is 28.6 Å². The topological polar surface area (TPSA) is 81.1 Å². The van der Waals surface area contributed by atoms with Crippen molar-refractivity contribution >= 4 is 23.5 Å². The minimum absolute atomic E-state index is 0.0184. The van der Waals surface area contributed by atoms with Gasteiger partial charge in [-0.05, 0) is 29.9 Å². The van der Waals surface area contributed by atoms with Crippen molar-refractivity contribution in [3.05, 3.63) is 41.2 Å². The van der Waals surface area contributed by atoms with Gasteiger partial charge < -0.3 is 10.8 Å². The van der Waals surface area contributed by atoms with Gasteiger partial charge in [0.25, 0.3) is 0 Å². The number of nitrogen functional groups attached to an aromatic ring is 1. The second kappa shape index (κ2) is 6.62. The van der Waals surface area contributed by atoms with Crippen LogP contribution in [0.5, 0.6) is 0 Å². The highest BCUT2D eigenvalue weighted by atomic mass is 32.2. The highest BCUT2D eigenvalue weighted by Gasteiger charge is 2.21. The molecule has 0 saturated carbocycles. The van der Waals surface area contributed by atoms with Gasteiger partial charge in [0.15, 0.2) is 0 Å². The van der Waals surface area contributed by atoms with Crippen LogP contribution in [0.2, 0.25) is 0 Å². The molecule has 112 valence electrons. The molecule has 0 aliphatic carbocycles. The summed E-state index contributed by atoms with van der Waals surface area (Å²) in [6, 6.07) is 6.06. The molecular weight excluding hydrogens is 293 g/mol. The maximum atomic E-state index is 13.2. The van der Waals surface area contributed by atoms with E-state index in [-0.39, 0.29) is 23.7 Å². The van der Waals surface area contributed by atoms with Crippen LogP contribution in [0.15, 0.2) is 29.3 Å². The molecule has 2 rings (SSSR count). The number of thioether (sulfide) groups is 1. The number of carboxylic acids is 1. The Bertz CT molecular complexity index is 658. The molecule has 0 aliphatic heterocycles. The number of carbonyl (C=O) groups is 1. The minimum atomic E-state index is -1.10. The van der Waals surface area contributed by atoms with E-state index in [9.17, 15) is 14.3 Å². The third kappa shape index (κ3) is 3.55. The molecule has 0 aliphatic rings. The molecule has 0 unspecified atom stereocenters. The average molecular weight is 309 g/mol. The molecule has 0 amide bonds. The van der Waals surface area contributed by atoms with Gasteiger partial charge in [0.1, 0.15) is 22.2 Å². The van der Waals surface area contributed by atoms with E-state index in [0.29, 0.717) is 10.6 Å². The maximum Gasteiger partial charge on any atom is 0.342 e. The standard InChI is InChI=1S/C14H16FN3O2S/c1-2-6-21-13-11(14(19)20)12(16)18(17-13)8-9-4-3-5-10(15)7-9/h3-5,7H,2,6,8,16H2,1H3,(H,19,20). The molecule has 1 heterocycles. The van der Waals surface area contributed by atoms with E-state index in [2.05, 4.69) is 5.10 Å². The molecule has 0 bridgehead atoms. The minimum Gasteiger partial charge on any atom is -0.477 e. The van der Waals surface area contributed by atoms with Crippen LogP contribution >= 0.6 is 11.8 Å². The third-order valence-electron chi connectivity index (χ3n) is 2.84. The van der Waals surface area contributed by atoms with Crippen LogP contribution in [0.25, 0.3) is 0 Å². The summed E-state index contributed by atoms with van der Waals surface area (Å²) >= 11 is 1.36. The number of rotatable bonds is 6. The van der Waals surface area contributed by atoms with Crippen molar-refractivity contribution < 1.29 is 14.3 Å². The zero-order chi connectivity index (χ0) is 15.4. The van der Waals surface area contributed by atoms with Crippen molar-refractivity contribution in [3.8, 4) is 0 Å². The fourth-order valence-corrected chi connectivity index (χ4v) is 2.77. The van der Waals surface area contributed by atoms with Crippen molar-refractivity contribution in [3.63, 3.8) is 0 Å². The first-order valence-electron chi connectivity index (χ1n) is 6.49. The molecule has 5 nitrogen and oxygen atoms in total. The van der Waals surface area contributed by atoms with E-state index >= 15 is 0 Å². The van der Waals surface area contributed by atoms with Crippen molar-refractivity contribution in [2.24, 2.45) is 0 Å². The van der Waals surface area contributed by atoms with E-state index in [0.717, 1.165) is 12.2 Å². The number of anilines is 1. The zero-order valence-corrected chi connectivity index (χ0v) is 12.4. The lowest BCUT2D eigenvalue weighted by Crippen LogP contribution is -2.08. The van der Waals surface area contributed by atoms with Crippen LogP contribution in [0.1, 0.15) is 29.3 Å². The predicted octanol–water partition coefficient (Wildman–Crippen LogP) is 2.85. The van der Waals surface area contributed by atoms with E-state index in [1.54, 1.807) is 12.1 Å². The molecule has 3 N–H and O–H groups in total. The van der Waals surface area contributed by atoms with E-state index < -0.39 is 5.97 Å². The normalized spacial score (nSPS) is 10.8. The lowest BCUT2D eigenvalue weighted by Gasteiger charge is -2.04. The Morgan fingerprint density at radius 1 is 1.52 bits per heavy atom. The summed E-state index contributed by atoms with van der Waals surface area (Å²) in [4.78, 5) is 11.3. The number of aromatic carboxylic acids is 1. The van der Waals surface area contributed by atoms with Gasteiger partial charge in [0.2, 0.25) is 0 Å². The Kier molecular flexibility index (Phi) is 4.85. The van der Waals surface area contributed by atoms with Gasteiger partial charge in [-0.15, -0.1) is 11.8 Å². The van der Waals surface area contributed by atoms with Crippen LogP contribution in [0.3, 0.4) is 0 Å². The highest BCUT2D eigenvalue weighted by Crippen LogP contribution is 2.27. The van der Waals surface area contributed by atoms with Crippen LogP contribution < -0.4 is 5.73 Å². The maximum absolute atomic E-state index is 13.2. The summed E-state index contributed by atoms with van der Waals surface area (Å²) in [5, 5.41) is 13.9. The quantitative estimate of drug-likeness (QED) is 0.802. The van der Waals surface area contributed by atoms with Crippen molar-refractivity contribution in [2.75, 3.05) is 11.5 Å². The molecule has 1 aromatic carbocycles. The Balaban J connectivity index is 2.33. The van der Waals surface area contributed by atoms with E-state index in [4.69, 9.17) is 5.73 Å². The number of nitrogens with two attached hydrogens (primary N) is 1. The second-order valence-corrected chi connectivity index (χ2v) is 5.59. The lowest BCUT2D eigenvalue weighted by molar-refractivity contribution is 0.0694. The van der Waals surface area contributed by atoms with Gasteiger partial charge in [0.05, 0.1) is 6.54 Å². The molecule has 21 heavy (non-hydrogen) atoms. The van der Waals surface area contributed by atoms with Gasteiger partial charge >= 0.3 is 5.97 Å². The number of carboxylic acid groups (broad SMARTS) is 1. The molecule has 1 aromatic heterocycles. The molecule has 0 atom stereocenters. The number of benzene rings is 1. The van der Waals surface area contributed by atoms with Crippen molar-refractivity contribution in [2.45, 2.75) is 24.9 Å². The molecule has 0 spiro atoms. The summed E-state index contributed by atoms with van der Waals surface area (Å²) in [6.07, 6.45) is 0.903. The summed E-state index contributed by atoms with van der Waals surface area (Å²) in [5.41, 5.74) is 6.57. The predicted molar refractivity (Wildman–Crippen MR) is 80.1 cm³/mol. The van der Waals surface area contributed by atoms with Crippen molar-refractivity contribution in [1.29, 1.82) is 0 Å². The molecule has 7 heteroatoms. The Labute approximate surface area is 126 Å². The second-order valence-electron chi connectivity index (χ2n) is 4.51. The molecule has 0 radical (unpaired) electrons. The first-order chi connectivity index (χ1) is 10.0. The summed E-state index contributed by atoms with van der Waals surface area (Å²) in [5.74, 6) is -0.601. The molecular formula is C14H16FN3O2S. The lowest BCUT2D eigenvalue weighted by atomic mass is 10.2. The van der Waals surface area contributed by atoms with Gasteiger partial charge in [0, 0.05) is 0 Å². The fraction of sp³-hybridized carbons (Fsp3) is 0.286. The van der Waals surface area contributed by atoms with Crippen LogP contribution in [-0.2, 0) is 6.54 Å². The number of hydrogen-bond donors (Lipinski definition) is 2. The van der Waals surface area contributed by atoms with Crippen molar-refractivity contribution in [1.82, 2.24) is 9.78 Å². The van der Waals surface area contributed by atoms with Gasteiger partial charge in [-0.25, -0.2) is 13.9 Å². The Morgan fingerprint density at radius 2 is 2.29 bits per heavy atom. The number of halogens is 1. The highest BCUT2D eigenvalue weighted by molar-refractivity contribution is 7.99. The van der Waals surface area contributed by atoms with Crippen LogP contribution in [-0.4, -0.2) is 26.6 Å². The molecule has 0 saturated heterocycles. The average Bonchev–Trinajstić information content (AvgIpc) is 2.73. The first kappa shape index (κ1) is 15.4. The van der Waals surface area contributed by atoms with Gasteiger partial charge in [-0.1, -0.05) is 19.1 Å². The zero-order valence-electron chi connectivity index (χ0n) is 11.5. The third-order valence-corrected chi connectivity index (χ3v) is 4.01. The SMILES string of the molecule is CCCSc1nn(Cc2cccc(F)c2)c(N)c1C(=O)O. The van der Waals surface area contributed by atoms with Crippen LogP contribution in [0.4, 0.5) is 10.2 Å². The number of aromatic nitrogens is 2. The summed E-state index contributed by atoms with van der Waals surface area (Å²) < 4.78 is 14.6. The first-order valence-corrected chi connectivity index (χ1v) is 7.48. The number of hydrogen-bond acceptors (Lipinski definition) is 4. The van der Waals surface area contributed by atoms with Gasteiger partial charge in [-0.2, -0.15) is 5.10 Å². The van der Waals surface area contributed by atoms with Gasteiger partial charge in [-0.3, -0.25) is 0 Å². The molecule has 0 fully saturated rings. The summed E-state index contributed by atoms with van der Waals surface area (Å²) in [7, 11) is 0. The Morgan fingerprint density at radius 3 is 2.90 bits per heavy atom. The largest absolute Gasteiger partial charge is 0.477 e. The fourth-order valence-electron chi connectivity index (χ4n) is 1.88.